The quantitative estimate of drug-likeness (QED) is 0.625. The lowest BCUT2D eigenvalue weighted by Crippen LogP contribution is -2.27. The Labute approximate surface area is 162 Å². The highest BCUT2D eigenvalue weighted by Gasteiger charge is 2.30. The van der Waals surface area contributed by atoms with Crippen molar-refractivity contribution in [2.75, 3.05) is 11.9 Å². The Morgan fingerprint density at radius 1 is 1.15 bits per heavy atom. The molecule has 2 amide bonds. The molecule has 2 aromatic carbocycles. The zero-order valence-corrected chi connectivity index (χ0v) is 15.9. The molecule has 0 unspecified atom stereocenters. The molecule has 0 atom stereocenters. The van der Waals surface area contributed by atoms with Gasteiger partial charge in [0, 0.05) is 12.2 Å². The van der Waals surface area contributed by atoms with Crippen LogP contribution in [0.3, 0.4) is 0 Å². The van der Waals surface area contributed by atoms with Crippen LogP contribution in [0.15, 0.2) is 59.5 Å². The van der Waals surface area contributed by atoms with Crippen LogP contribution >= 0.6 is 24.0 Å². The number of amides is 2. The van der Waals surface area contributed by atoms with E-state index in [0.29, 0.717) is 22.2 Å². The van der Waals surface area contributed by atoms with Gasteiger partial charge in [-0.25, -0.2) is 0 Å². The fourth-order valence-electron chi connectivity index (χ4n) is 2.57. The minimum atomic E-state index is -0.0623. The summed E-state index contributed by atoms with van der Waals surface area (Å²) in [5.74, 6) is -0.115. The molecule has 132 valence electrons. The molecule has 1 saturated heterocycles. The molecule has 0 aromatic heterocycles. The summed E-state index contributed by atoms with van der Waals surface area (Å²) in [5, 5.41) is 2.88. The van der Waals surface area contributed by atoms with Crippen LogP contribution in [0.1, 0.15) is 18.1 Å². The van der Waals surface area contributed by atoms with E-state index in [9.17, 15) is 9.59 Å². The smallest absolute Gasteiger partial charge is 0.266 e. The van der Waals surface area contributed by atoms with Gasteiger partial charge in [-0.15, -0.1) is 0 Å². The zero-order chi connectivity index (χ0) is 18.5. The molecule has 1 heterocycles. The van der Waals surface area contributed by atoms with Crippen LogP contribution in [0.2, 0.25) is 0 Å². The number of thiocarbonyl (C=S) groups is 1. The first kappa shape index (κ1) is 18.4. The fraction of sp³-hybridized carbons (Fsp3) is 0.150. The molecule has 6 heteroatoms. The van der Waals surface area contributed by atoms with Crippen molar-refractivity contribution in [3.63, 3.8) is 0 Å². The molecule has 1 aliphatic rings. The molecule has 3 rings (SSSR count). The van der Waals surface area contributed by atoms with E-state index in [0.717, 1.165) is 16.8 Å². The maximum Gasteiger partial charge on any atom is 0.266 e. The van der Waals surface area contributed by atoms with Crippen LogP contribution in [0.25, 0.3) is 6.08 Å². The predicted octanol–water partition coefficient (Wildman–Crippen LogP) is 4.09. The van der Waals surface area contributed by atoms with Crippen molar-refractivity contribution in [2.24, 2.45) is 0 Å². The summed E-state index contributed by atoms with van der Waals surface area (Å²) >= 11 is 6.53. The van der Waals surface area contributed by atoms with Crippen molar-refractivity contribution in [1.29, 1.82) is 0 Å². The molecule has 0 saturated carbocycles. The number of benzene rings is 2. The van der Waals surface area contributed by atoms with E-state index in [4.69, 9.17) is 12.2 Å². The van der Waals surface area contributed by atoms with Gasteiger partial charge in [0.05, 0.1) is 11.3 Å². The fourth-order valence-corrected chi connectivity index (χ4v) is 3.96. The third kappa shape index (κ3) is 4.39. The molecule has 1 fully saturated rings. The minimum Gasteiger partial charge on any atom is -0.326 e. The topological polar surface area (TPSA) is 49.4 Å². The van der Waals surface area contributed by atoms with Gasteiger partial charge in [0.1, 0.15) is 4.32 Å². The van der Waals surface area contributed by atoms with E-state index >= 15 is 0 Å². The Kier molecular flexibility index (Phi) is 5.85. The molecular weight excluding hydrogens is 364 g/mol. The molecular formula is C20H18N2O2S2. The summed E-state index contributed by atoms with van der Waals surface area (Å²) in [6.45, 7) is 2.48. The van der Waals surface area contributed by atoms with Crippen LogP contribution in [-0.4, -0.2) is 27.6 Å². The molecule has 1 aliphatic heterocycles. The number of thioether (sulfide) groups is 1. The summed E-state index contributed by atoms with van der Waals surface area (Å²) in [6.07, 6.45) is 2.16. The average molecular weight is 383 g/mol. The normalized spacial score (nSPS) is 15.6. The number of nitrogens with zero attached hydrogens (tertiary/aromatic N) is 1. The van der Waals surface area contributed by atoms with Crippen LogP contribution in [-0.2, 0) is 16.0 Å². The van der Waals surface area contributed by atoms with Crippen molar-refractivity contribution in [3.05, 3.63) is 70.6 Å². The first-order chi connectivity index (χ1) is 12.6. The van der Waals surface area contributed by atoms with Crippen molar-refractivity contribution in [1.82, 2.24) is 4.90 Å². The Morgan fingerprint density at radius 2 is 1.85 bits per heavy atom. The second-order valence-electron chi connectivity index (χ2n) is 5.76. The molecule has 0 bridgehead atoms. The van der Waals surface area contributed by atoms with E-state index in [1.54, 1.807) is 4.90 Å². The molecule has 0 spiro atoms. The second-order valence-corrected chi connectivity index (χ2v) is 7.43. The third-order valence-corrected chi connectivity index (χ3v) is 5.27. The van der Waals surface area contributed by atoms with E-state index in [-0.39, 0.29) is 11.8 Å². The Morgan fingerprint density at radius 3 is 2.46 bits per heavy atom. The highest BCUT2D eigenvalue weighted by Crippen LogP contribution is 2.32. The van der Waals surface area contributed by atoms with E-state index < -0.39 is 0 Å². The lowest BCUT2D eigenvalue weighted by Gasteiger charge is -2.09. The second kappa shape index (κ2) is 8.29. The summed E-state index contributed by atoms with van der Waals surface area (Å²) in [4.78, 5) is 26.5. The SMILES string of the molecule is CCN1C(=O)C(=Cc2ccc(NC(=O)Cc3ccccc3)cc2)SC1=S. The highest BCUT2D eigenvalue weighted by atomic mass is 32.2. The first-order valence-corrected chi connectivity index (χ1v) is 9.48. The maximum absolute atomic E-state index is 12.2. The lowest BCUT2D eigenvalue weighted by atomic mass is 10.1. The third-order valence-electron chi connectivity index (χ3n) is 3.89. The highest BCUT2D eigenvalue weighted by molar-refractivity contribution is 8.26. The van der Waals surface area contributed by atoms with Gasteiger partial charge in [-0.1, -0.05) is 66.4 Å². The van der Waals surface area contributed by atoms with Gasteiger partial charge in [-0.3, -0.25) is 14.5 Å². The van der Waals surface area contributed by atoms with Gasteiger partial charge < -0.3 is 5.32 Å². The summed E-state index contributed by atoms with van der Waals surface area (Å²) in [5.41, 5.74) is 2.59. The molecule has 0 radical (unpaired) electrons. The maximum atomic E-state index is 12.2. The summed E-state index contributed by atoms with van der Waals surface area (Å²) in [6, 6.07) is 17.0. The predicted molar refractivity (Wildman–Crippen MR) is 111 cm³/mol. The largest absolute Gasteiger partial charge is 0.326 e. The lowest BCUT2D eigenvalue weighted by molar-refractivity contribution is -0.122. The molecule has 4 nitrogen and oxygen atoms in total. The number of rotatable bonds is 5. The number of nitrogens with one attached hydrogen (secondary N) is 1. The number of anilines is 1. The van der Waals surface area contributed by atoms with Crippen molar-refractivity contribution >= 4 is 51.9 Å². The van der Waals surface area contributed by atoms with Crippen LogP contribution in [0.5, 0.6) is 0 Å². The Bertz CT molecular complexity index is 861. The van der Waals surface area contributed by atoms with Gasteiger partial charge in [0.2, 0.25) is 5.91 Å². The number of carbonyl (C=O) groups excluding carboxylic acids is 2. The van der Waals surface area contributed by atoms with Crippen molar-refractivity contribution in [3.8, 4) is 0 Å². The average Bonchev–Trinajstić information content (AvgIpc) is 2.90. The number of hydrogen-bond donors (Lipinski definition) is 1. The van der Waals surface area contributed by atoms with E-state index in [1.807, 2.05) is 67.6 Å². The van der Waals surface area contributed by atoms with Gasteiger partial charge >= 0.3 is 0 Å². The van der Waals surface area contributed by atoms with Crippen molar-refractivity contribution < 1.29 is 9.59 Å². The van der Waals surface area contributed by atoms with Crippen LogP contribution in [0.4, 0.5) is 5.69 Å². The number of hydrogen-bond acceptors (Lipinski definition) is 4. The molecule has 26 heavy (non-hydrogen) atoms. The first-order valence-electron chi connectivity index (χ1n) is 8.26. The summed E-state index contributed by atoms with van der Waals surface area (Å²) < 4.78 is 0.591. The van der Waals surface area contributed by atoms with Crippen molar-refractivity contribution in [2.45, 2.75) is 13.3 Å². The monoisotopic (exact) mass is 382 g/mol. The zero-order valence-electron chi connectivity index (χ0n) is 14.3. The Hall–Kier alpha value is -2.44. The minimum absolute atomic E-state index is 0.0530. The number of likely N-dealkylation sites (N-methyl/N-ethyl adjacent to an activating group) is 1. The standard InChI is InChI=1S/C20H18N2O2S2/c1-2-22-19(24)17(26-20(22)25)12-15-8-10-16(11-9-15)21-18(23)13-14-6-4-3-5-7-14/h3-12H,2,13H2,1H3,(H,21,23). The number of carbonyl (C=O) groups is 2. The van der Waals surface area contributed by atoms with E-state index in [2.05, 4.69) is 5.32 Å². The molecule has 2 aromatic rings. The van der Waals surface area contributed by atoms with E-state index in [1.165, 1.54) is 11.8 Å². The molecule has 0 aliphatic carbocycles. The van der Waals surface area contributed by atoms with Crippen LogP contribution in [0, 0.1) is 0 Å². The van der Waals surface area contributed by atoms with Crippen LogP contribution < -0.4 is 5.32 Å². The van der Waals surface area contributed by atoms with Gasteiger partial charge in [0.25, 0.3) is 5.91 Å². The summed E-state index contributed by atoms with van der Waals surface area (Å²) in [7, 11) is 0. The van der Waals surface area contributed by atoms with Gasteiger partial charge in [-0.05, 0) is 36.3 Å². The van der Waals surface area contributed by atoms with Gasteiger partial charge in [0.15, 0.2) is 0 Å². The Balaban J connectivity index is 1.64. The molecule has 1 N–H and O–H groups in total. The van der Waals surface area contributed by atoms with Gasteiger partial charge in [-0.2, -0.15) is 0 Å².